The van der Waals surface area contributed by atoms with E-state index in [0.717, 1.165) is 33.4 Å². The maximum atomic E-state index is 6.40. The number of hydrogen-bond acceptors (Lipinski definition) is 2. The molecule has 3 heteroatoms. The summed E-state index contributed by atoms with van der Waals surface area (Å²) < 4.78 is 0. The summed E-state index contributed by atoms with van der Waals surface area (Å²) in [5, 5.41) is 0.850. The van der Waals surface area contributed by atoms with Gasteiger partial charge in [0.25, 0.3) is 0 Å². The molecule has 18 heavy (non-hydrogen) atoms. The Morgan fingerprint density at radius 3 is 2.78 bits per heavy atom. The molecule has 2 N–H and O–H groups in total. The van der Waals surface area contributed by atoms with Crippen LogP contribution in [0.3, 0.4) is 0 Å². The van der Waals surface area contributed by atoms with E-state index in [4.69, 9.17) is 17.3 Å². The Morgan fingerprint density at radius 1 is 1.28 bits per heavy atom. The first kappa shape index (κ1) is 12.8. The Balaban J connectivity index is 1.56. The van der Waals surface area contributed by atoms with E-state index < -0.39 is 0 Å². The van der Waals surface area contributed by atoms with E-state index in [2.05, 4.69) is 6.07 Å². The molecule has 0 amide bonds. The third-order valence-corrected chi connectivity index (χ3v) is 6.27. The molecular weight excluding hydrogens is 262 g/mol. The van der Waals surface area contributed by atoms with Crippen LogP contribution in [0, 0.1) is 17.8 Å². The average Bonchev–Trinajstić information content (AvgIpc) is 2.99. The quantitative estimate of drug-likeness (QED) is 0.837. The first-order chi connectivity index (χ1) is 8.74. The van der Waals surface area contributed by atoms with E-state index in [1.807, 2.05) is 30.0 Å². The predicted octanol–water partition coefficient (Wildman–Crippen LogP) is 4.20. The Kier molecular flexibility index (Phi) is 3.88. The first-order valence-corrected chi connectivity index (χ1v) is 8.23. The zero-order valence-corrected chi connectivity index (χ0v) is 12.1. The molecule has 4 unspecified atom stereocenters. The van der Waals surface area contributed by atoms with Crippen LogP contribution in [-0.2, 0) is 0 Å². The van der Waals surface area contributed by atoms with Gasteiger partial charge in [-0.25, -0.2) is 0 Å². The van der Waals surface area contributed by atoms with E-state index in [1.165, 1.54) is 25.7 Å². The maximum Gasteiger partial charge on any atom is 0.0541 e. The van der Waals surface area contributed by atoms with Gasteiger partial charge in [0.2, 0.25) is 0 Å². The van der Waals surface area contributed by atoms with Gasteiger partial charge < -0.3 is 5.73 Å². The Labute approximate surface area is 118 Å². The van der Waals surface area contributed by atoms with Gasteiger partial charge in [-0.3, -0.25) is 0 Å². The van der Waals surface area contributed by atoms with Crippen molar-refractivity contribution in [1.29, 1.82) is 0 Å². The fourth-order valence-corrected chi connectivity index (χ4v) is 4.99. The topological polar surface area (TPSA) is 26.0 Å². The number of halogens is 1. The van der Waals surface area contributed by atoms with Crippen LogP contribution in [0.15, 0.2) is 29.2 Å². The van der Waals surface area contributed by atoms with Crippen molar-refractivity contribution in [3.8, 4) is 0 Å². The van der Waals surface area contributed by atoms with Crippen LogP contribution in [0.5, 0.6) is 0 Å². The van der Waals surface area contributed by atoms with Gasteiger partial charge in [0, 0.05) is 16.7 Å². The van der Waals surface area contributed by atoms with Crippen molar-refractivity contribution in [3.63, 3.8) is 0 Å². The van der Waals surface area contributed by atoms with Crippen molar-refractivity contribution in [2.24, 2.45) is 23.5 Å². The number of hydrogen-bond donors (Lipinski definition) is 1. The van der Waals surface area contributed by atoms with Gasteiger partial charge in [0.1, 0.15) is 0 Å². The first-order valence-electron chi connectivity index (χ1n) is 6.87. The summed E-state index contributed by atoms with van der Waals surface area (Å²) in [6.45, 7) is 0. The van der Waals surface area contributed by atoms with Crippen LogP contribution in [0.4, 0.5) is 0 Å². The molecule has 2 aliphatic rings. The summed E-state index contributed by atoms with van der Waals surface area (Å²) in [4.78, 5) is 1.16. The number of rotatable bonds is 4. The summed E-state index contributed by atoms with van der Waals surface area (Å²) in [6, 6.07) is 8.38. The third-order valence-electron chi connectivity index (χ3n) is 4.61. The van der Waals surface area contributed by atoms with Crippen LogP contribution in [0.2, 0.25) is 5.02 Å². The fraction of sp³-hybridized carbons (Fsp3) is 0.600. The lowest BCUT2D eigenvalue weighted by molar-refractivity contribution is 0.295. The largest absolute Gasteiger partial charge is 0.327 e. The van der Waals surface area contributed by atoms with Crippen molar-refractivity contribution in [2.45, 2.75) is 36.6 Å². The zero-order valence-electron chi connectivity index (χ0n) is 10.5. The molecule has 3 rings (SSSR count). The van der Waals surface area contributed by atoms with Gasteiger partial charge in [-0.2, -0.15) is 0 Å². The predicted molar refractivity (Wildman–Crippen MR) is 79.1 cm³/mol. The summed E-state index contributed by atoms with van der Waals surface area (Å²) in [5.41, 5.74) is 6.40. The molecule has 0 heterocycles. The van der Waals surface area contributed by atoms with Crippen molar-refractivity contribution < 1.29 is 0 Å². The van der Waals surface area contributed by atoms with E-state index in [0.29, 0.717) is 6.04 Å². The molecule has 0 aromatic heterocycles. The van der Waals surface area contributed by atoms with Crippen LogP contribution in [0.1, 0.15) is 25.7 Å². The van der Waals surface area contributed by atoms with Gasteiger partial charge >= 0.3 is 0 Å². The molecule has 1 aromatic carbocycles. The Bertz CT molecular complexity index is 423. The average molecular weight is 282 g/mol. The van der Waals surface area contributed by atoms with Gasteiger partial charge in [-0.05, 0) is 49.1 Å². The third kappa shape index (κ3) is 2.56. The minimum absolute atomic E-state index is 0.335. The highest BCUT2D eigenvalue weighted by Gasteiger charge is 2.41. The molecule has 2 aliphatic carbocycles. The second kappa shape index (κ2) is 5.44. The molecule has 0 radical (unpaired) electrons. The van der Waals surface area contributed by atoms with Crippen molar-refractivity contribution in [3.05, 3.63) is 29.3 Å². The number of benzene rings is 1. The van der Waals surface area contributed by atoms with Crippen molar-refractivity contribution >= 4 is 23.4 Å². The molecule has 0 spiro atoms. The Hall–Kier alpha value is -0.180. The highest BCUT2D eigenvalue weighted by Crippen LogP contribution is 2.49. The number of nitrogens with two attached hydrogens (primary N) is 1. The standard InChI is InChI=1S/C15H20ClNS/c16-13-3-1-2-4-15(13)18-9-14(17)12-8-10-5-6-11(12)7-10/h1-4,10-12,14H,5-9,17H2. The van der Waals surface area contributed by atoms with Crippen molar-refractivity contribution in [2.75, 3.05) is 5.75 Å². The Morgan fingerprint density at radius 2 is 2.11 bits per heavy atom. The second-order valence-electron chi connectivity index (χ2n) is 5.74. The van der Waals surface area contributed by atoms with E-state index in [-0.39, 0.29) is 0 Å². The van der Waals surface area contributed by atoms with E-state index >= 15 is 0 Å². The molecule has 4 atom stereocenters. The summed E-state index contributed by atoms with van der Waals surface area (Å²) >= 11 is 7.98. The SMILES string of the molecule is NC(CSc1ccccc1Cl)C1CC2CCC1C2. The van der Waals surface area contributed by atoms with Gasteiger partial charge in [0.15, 0.2) is 0 Å². The van der Waals surface area contributed by atoms with Crippen molar-refractivity contribution in [1.82, 2.24) is 0 Å². The van der Waals surface area contributed by atoms with E-state index in [1.54, 1.807) is 0 Å². The van der Waals surface area contributed by atoms with Crippen LogP contribution < -0.4 is 5.73 Å². The monoisotopic (exact) mass is 281 g/mol. The van der Waals surface area contributed by atoms with Crippen LogP contribution in [0.25, 0.3) is 0 Å². The molecule has 98 valence electrons. The molecule has 2 bridgehead atoms. The smallest absolute Gasteiger partial charge is 0.0541 e. The minimum atomic E-state index is 0.335. The molecule has 0 saturated heterocycles. The lowest BCUT2D eigenvalue weighted by atomic mass is 9.84. The highest BCUT2D eigenvalue weighted by molar-refractivity contribution is 7.99. The summed E-state index contributed by atoms with van der Waals surface area (Å²) in [5.74, 6) is 3.66. The minimum Gasteiger partial charge on any atom is -0.327 e. The summed E-state index contributed by atoms with van der Waals surface area (Å²) in [7, 11) is 0. The highest BCUT2D eigenvalue weighted by atomic mass is 35.5. The molecule has 1 nitrogen and oxygen atoms in total. The second-order valence-corrected chi connectivity index (χ2v) is 7.21. The number of thioether (sulfide) groups is 1. The zero-order chi connectivity index (χ0) is 12.5. The molecule has 2 fully saturated rings. The van der Waals surface area contributed by atoms with Gasteiger partial charge in [-0.15, -0.1) is 11.8 Å². The van der Waals surface area contributed by atoms with Gasteiger partial charge in [0.05, 0.1) is 5.02 Å². The number of fused-ring (bicyclic) bond motifs is 2. The van der Waals surface area contributed by atoms with Crippen LogP contribution >= 0.6 is 23.4 Å². The summed E-state index contributed by atoms with van der Waals surface area (Å²) in [6.07, 6.45) is 5.68. The molecule has 1 aromatic rings. The lowest BCUT2D eigenvalue weighted by Crippen LogP contribution is -2.35. The van der Waals surface area contributed by atoms with Gasteiger partial charge in [-0.1, -0.05) is 30.2 Å². The fourth-order valence-electron chi connectivity index (χ4n) is 3.69. The molecular formula is C15H20ClNS. The maximum absolute atomic E-state index is 6.40. The van der Waals surface area contributed by atoms with Crippen LogP contribution in [-0.4, -0.2) is 11.8 Å². The molecule has 2 saturated carbocycles. The normalized spacial score (nSPS) is 31.8. The van der Waals surface area contributed by atoms with E-state index in [9.17, 15) is 0 Å². The lowest BCUT2D eigenvalue weighted by Gasteiger charge is -2.27. The molecule has 0 aliphatic heterocycles.